The molecule has 0 spiro atoms. The fraction of sp³-hybridized carbons (Fsp3) is 0.389. The van der Waals surface area contributed by atoms with E-state index in [1.54, 1.807) is 0 Å². The molecule has 3 aromatic heterocycles. The lowest BCUT2D eigenvalue weighted by Gasteiger charge is -2.24. The van der Waals surface area contributed by atoms with Gasteiger partial charge >= 0.3 is 0 Å². The summed E-state index contributed by atoms with van der Waals surface area (Å²) in [6, 6.07) is 2.15. The summed E-state index contributed by atoms with van der Waals surface area (Å²) in [6.45, 7) is 0.788. The molecule has 0 radical (unpaired) electrons. The quantitative estimate of drug-likeness (QED) is 0.609. The maximum Gasteiger partial charge on any atom is 0.272 e. The van der Waals surface area contributed by atoms with E-state index in [1.807, 2.05) is 0 Å². The molecule has 2 N–H and O–H groups in total. The Balaban J connectivity index is 1.64. The van der Waals surface area contributed by atoms with Gasteiger partial charge in [-0.3, -0.25) is 0 Å². The third-order valence-electron chi connectivity index (χ3n) is 4.52. The number of aromatic nitrogens is 4. The summed E-state index contributed by atoms with van der Waals surface area (Å²) in [6.07, 6.45) is 1.72. The van der Waals surface area contributed by atoms with Crippen LogP contribution in [0.5, 0.6) is 5.75 Å². The van der Waals surface area contributed by atoms with Crippen molar-refractivity contribution in [2.24, 2.45) is 0 Å². The molecule has 1 unspecified atom stereocenters. The summed E-state index contributed by atoms with van der Waals surface area (Å²) in [7, 11) is 0. The van der Waals surface area contributed by atoms with Gasteiger partial charge in [-0.25, -0.2) is 32.0 Å². The summed E-state index contributed by atoms with van der Waals surface area (Å²) < 4.78 is 59.5. The molecule has 3 aromatic rings. The van der Waals surface area contributed by atoms with Gasteiger partial charge in [-0.1, -0.05) is 0 Å². The van der Waals surface area contributed by atoms with Crippen molar-refractivity contribution in [2.45, 2.75) is 25.3 Å². The highest BCUT2D eigenvalue weighted by molar-refractivity contribution is 5.62. The van der Waals surface area contributed by atoms with E-state index in [0.717, 1.165) is 25.5 Å². The summed E-state index contributed by atoms with van der Waals surface area (Å²) >= 11 is 0. The highest BCUT2D eigenvalue weighted by Gasteiger charge is 2.20. The Morgan fingerprint density at radius 3 is 2.86 bits per heavy atom. The number of hydrogen-bond acceptors (Lipinski definition) is 6. The largest absolute Gasteiger partial charge is 0.486 e. The zero-order valence-corrected chi connectivity index (χ0v) is 15.2. The lowest BCUT2D eigenvalue weighted by Crippen LogP contribution is -2.38. The van der Waals surface area contributed by atoms with Gasteiger partial charge in [0.1, 0.15) is 23.7 Å². The fourth-order valence-electron chi connectivity index (χ4n) is 3.17. The Hall–Kier alpha value is -2.95. The van der Waals surface area contributed by atoms with E-state index in [4.69, 9.17) is 4.74 Å². The number of rotatable bonds is 6. The van der Waals surface area contributed by atoms with Crippen LogP contribution < -0.4 is 15.4 Å². The number of anilines is 1. The average molecular weight is 410 g/mol. The number of alkyl halides is 2. The van der Waals surface area contributed by atoms with E-state index in [2.05, 4.69) is 25.7 Å². The fourth-order valence-corrected chi connectivity index (χ4v) is 3.17. The monoisotopic (exact) mass is 410 g/mol. The maximum absolute atomic E-state index is 14.5. The molecule has 1 aliphatic heterocycles. The second-order valence-corrected chi connectivity index (χ2v) is 6.64. The predicted octanol–water partition coefficient (Wildman–Crippen LogP) is 2.88. The minimum Gasteiger partial charge on any atom is -0.486 e. The summed E-state index contributed by atoms with van der Waals surface area (Å²) in [5.74, 6) is -1.60. The molecule has 1 saturated heterocycles. The first-order valence-electron chi connectivity index (χ1n) is 9.09. The van der Waals surface area contributed by atoms with E-state index in [0.29, 0.717) is 6.54 Å². The number of ether oxygens (including phenoxy) is 1. The van der Waals surface area contributed by atoms with Crippen molar-refractivity contribution in [2.75, 3.05) is 25.0 Å². The van der Waals surface area contributed by atoms with Crippen LogP contribution in [-0.4, -0.2) is 51.7 Å². The van der Waals surface area contributed by atoms with Gasteiger partial charge in [-0.05, 0) is 19.4 Å². The van der Waals surface area contributed by atoms with E-state index in [1.165, 1.54) is 23.0 Å². The molecule has 0 bridgehead atoms. The molecule has 0 saturated carbocycles. The van der Waals surface area contributed by atoms with Crippen molar-refractivity contribution in [3.05, 3.63) is 36.2 Å². The molecule has 1 atom stereocenters. The third-order valence-corrected chi connectivity index (χ3v) is 4.52. The molecule has 4 heterocycles. The second-order valence-electron chi connectivity index (χ2n) is 6.64. The van der Waals surface area contributed by atoms with Gasteiger partial charge in [0.05, 0.1) is 12.4 Å². The van der Waals surface area contributed by atoms with Crippen molar-refractivity contribution < 1.29 is 22.3 Å². The van der Waals surface area contributed by atoms with Crippen LogP contribution in [0.15, 0.2) is 24.5 Å². The van der Waals surface area contributed by atoms with Crippen molar-refractivity contribution in [1.82, 2.24) is 24.9 Å². The Morgan fingerprint density at radius 2 is 2.10 bits per heavy atom. The molecule has 154 valence electrons. The SMILES string of the molecule is Fc1cc(F)c(-c2cnc3cc(OCC(F)F)cnn23)nc1NC1CCCNC1. The number of fused-ring (bicyclic) bond motifs is 1. The molecule has 0 amide bonds. The van der Waals surface area contributed by atoms with E-state index in [9.17, 15) is 17.6 Å². The minimum absolute atomic E-state index is 0.0149. The number of pyridine rings is 1. The Labute approximate surface area is 163 Å². The van der Waals surface area contributed by atoms with Crippen LogP contribution in [0.3, 0.4) is 0 Å². The van der Waals surface area contributed by atoms with Gasteiger partial charge in [-0.2, -0.15) is 5.10 Å². The number of imidazole rings is 1. The second kappa shape index (κ2) is 8.19. The van der Waals surface area contributed by atoms with E-state index >= 15 is 0 Å². The predicted molar refractivity (Wildman–Crippen MR) is 97.1 cm³/mol. The normalized spacial score (nSPS) is 17.1. The molecular weight excluding hydrogens is 392 g/mol. The highest BCUT2D eigenvalue weighted by atomic mass is 19.3. The van der Waals surface area contributed by atoms with Gasteiger partial charge in [-0.15, -0.1) is 0 Å². The first kappa shape index (κ1) is 19.4. The third kappa shape index (κ3) is 4.24. The number of hydrogen-bond donors (Lipinski definition) is 2. The Bertz CT molecular complexity index is 1010. The summed E-state index contributed by atoms with van der Waals surface area (Å²) in [5, 5.41) is 10.3. The van der Waals surface area contributed by atoms with Crippen LogP contribution in [-0.2, 0) is 0 Å². The van der Waals surface area contributed by atoms with Crippen LogP contribution in [0.1, 0.15) is 12.8 Å². The van der Waals surface area contributed by atoms with Gasteiger partial charge in [0.25, 0.3) is 6.43 Å². The first-order valence-corrected chi connectivity index (χ1v) is 9.09. The number of halogens is 4. The highest BCUT2D eigenvalue weighted by Crippen LogP contribution is 2.27. The lowest BCUT2D eigenvalue weighted by atomic mass is 10.1. The smallest absolute Gasteiger partial charge is 0.272 e. The van der Waals surface area contributed by atoms with Crippen LogP contribution in [0.25, 0.3) is 17.0 Å². The summed E-state index contributed by atoms with van der Waals surface area (Å²) in [5.41, 5.74) is 0.324. The van der Waals surface area contributed by atoms with Gasteiger partial charge in [0.15, 0.2) is 23.1 Å². The molecule has 4 rings (SSSR count). The molecular formula is C18H18F4N6O. The molecule has 0 aliphatic carbocycles. The first-order chi connectivity index (χ1) is 14.0. The number of piperidine rings is 1. The van der Waals surface area contributed by atoms with E-state index < -0.39 is 24.7 Å². The molecule has 1 aliphatic rings. The van der Waals surface area contributed by atoms with Crippen molar-refractivity contribution in [3.63, 3.8) is 0 Å². The van der Waals surface area contributed by atoms with Crippen molar-refractivity contribution in [3.8, 4) is 17.1 Å². The number of nitrogens with one attached hydrogen (secondary N) is 2. The van der Waals surface area contributed by atoms with Gasteiger partial charge in [0.2, 0.25) is 0 Å². The zero-order chi connectivity index (χ0) is 20.4. The average Bonchev–Trinajstić information content (AvgIpc) is 3.12. The van der Waals surface area contributed by atoms with E-state index in [-0.39, 0.29) is 34.6 Å². The topological polar surface area (TPSA) is 76.4 Å². The van der Waals surface area contributed by atoms with Crippen LogP contribution in [0, 0.1) is 11.6 Å². The van der Waals surface area contributed by atoms with Crippen LogP contribution in [0.4, 0.5) is 23.4 Å². The summed E-state index contributed by atoms with van der Waals surface area (Å²) in [4.78, 5) is 8.21. The maximum atomic E-state index is 14.5. The van der Waals surface area contributed by atoms with Crippen molar-refractivity contribution in [1.29, 1.82) is 0 Å². The van der Waals surface area contributed by atoms with Gasteiger partial charge in [0, 0.05) is 24.7 Å². The van der Waals surface area contributed by atoms with Crippen LogP contribution >= 0.6 is 0 Å². The van der Waals surface area contributed by atoms with Crippen molar-refractivity contribution >= 4 is 11.5 Å². The number of nitrogens with zero attached hydrogens (tertiary/aromatic N) is 4. The minimum atomic E-state index is -2.62. The molecule has 7 nitrogen and oxygen atoms in total. The molecule has 1 fully saturated rings. The molecule has 11 heteroatoms. The van der Waals surface area contributed by atoms with Crippen LogP contribution in [0.2, 0.25) is 0 Å². The molecule has 0 aromatic carbocycles. The Morgan fingerprint density at radius 1 is 1.24 bits per heavy atom. The molecule has 29 heavy (non-hydrogen) atoms. The lowest BCUT2D eigenvalue weighted by molar-refractivity contribution is 0.0817. The zero-order valence-electron chi connectivity index (χ0n) is 15.2. The standard InChI is InChI=1S/C18H18F4N6O/c19-12-5-13(20)18(26-10-2-1-3-23-6-10)27-17(12)14-8-24-16-4-11(7-25-28(14)16)29-9-15(21)22/h4-5,7-8,10,15,23H,1-3,6,9H2,(H,26,27). The Kier molecular flexibility index (Phi) is 5.47. The van der Waals surface area contributed by atoms with Gasteiger partial charge < -0.3 is 15.4 Å².